The van der Waals surface area contributed by atoms with E-state index in [0.29, 0.717) is 11.8 Å². The maximum Gasteiger partial charge on any atom is 0.110 e. The summed E-state index contributed by atoms with van der Waals surface area (Å²) in [5.74, 6) is 3.60. The fourth-order valence-electron chi connectivity index (χ4n) is 0.988. The van der Waals surface area contributed by atoms with Crippen LogP contribution in [0.2, 0.25) is 0 Å². The number of hydrogen-bond acceptors (Lipinski definition) is 0. The van der Waals surface area contributed by atoms with Gasteiger partial charge in [0, 0.05) is 0 Å². The molecular weight excluding hydrogens is 120 g/mol. The van der Waals surface area contributed by atoms with Crippen LogP contribution in [0.1, 0.15) is 13.8 Å². The Kier molecular flexibility index (Phi) is 1.06. The summed E-state index contributed by atoms with van der Waals surface area (Å²) in [6.45, 7) is 4.16. The van der Waals surface area contributed by atoms with Gasteiger partial charge in [0.1, 0.15) is 4.87 Å². The van der Waals surface area contributed by atoms with Crippen LogP contribution in [0, 0.1) is 24.2 Å². The van der Waals surface area contributed by atoms with Gasteiger partial charge in [0.05, 0.1) is 0 Å². The molecule has 1 fully saturated rings. The van der Waals surface area contributed by atoms with Gasteiger partial charge in [-0.1, -0.05) is 19.8 Å². The van der Waals surface area contributed by atoms with E-state index in [-0.39, 0.29) is 4.87 Å². The molecule has 0 aromatic rings. The van der Waals surface area contributed by atoms with Gasteiger partial charge < -0.3 is 0 Å². The molecule has 1 heteroatoms. The van der Waals surface area contributed by atoms with Gasteiger partial charge in [0.25, 0.3) is 0 Å². The van der Waals surface area contributed by atoms with Crippen LogP contribution in [0.3, 0.4) is 0 Å². The Hall–Kier alpha value is -0.150. The number of halogens is 1. The quantitative estimate of drug-likeness (QED) is 0.345. The van der Waals surface area contributed by atoms with Crippen LogP contribution in [0.15, 0.2) is 0 Å². The molecule has 0 nitrogen and oxygen atoms in total. The molecule has 1 aliphatic carbocycles. The molecule has 0 radical (unpaired) electrons. The molecule has 0 bridgehead atoms. The molecule has 0 aromatic carbocycles. The van der Waals surface area contributed by atoms with Crippen LogP contribution >= 0.6 is 11.6 Å². The maximum atomic E-state index is 5.89. The van der Waals surface area contributed by atoms with E-state index in [1.807, 2.05) is 0 Å². The van der Waals surface area contributed by atoms with Crippen molar-refractivity contribution in [3.8, 4) is 12.3 Å². The SMILES string of the molecule is C#CC1(Cl)[C@H](C)[C@@H]1C. The summed E-state index contributed by atoms with van der Waals surface area (Å²) in [7, 11) is 0. The Morgan fingerprint density at radius 1 is 1.50 bits per heavy atom. The number of hydrogen-bond donors (Lipinski definition) is 0. The first-order chi connectivity index (χ1) is 3.63. The molecule has 1 aliphatic rings. The minimum absolute atomic E-state index is 0.292. The second-order valence-corrected chi connectivity index (χ2v) is 3.12. The van der Waals surface area contributed by atoms with E-state index in [2.05, 4.69) is 19.8 Å². The highest BCUT2D eigenvalue weighted by atomic mass is 35.5. The zero-order valence-electron chi connectivity index (χ0n) is 5.11. The van der Waals surface area contributed by atoms with Crippen molar-refractivity contribution in [3.63, 3.8) is 0 Å². The van der Waals surface area contributed by atoms with Gasteiger partial charge in [0.15, 0.2) is 0 Å². The molecule has 0 saturated heterocycles. The molecule has 0 N–H and O–H groups in total. The molecule has 8 heavy (non-hydrogen) atoms. The normalized spacial score (nSPS) is 52.8. The Bertz CT molecular complexity index is 135. The summed E-state index contributed by atoms with van der Waals surface area (Å²) >= 11 is 5.89. The van der Waals surface area contributed by atoms with Crippen molar-refractivity contribution in [1.82, 2.24) is 0 Å². The third-order valence-electron chi connectivity index (χ3n) is 2.19. The highest BCUT2D eigenvalue weighted by molar-refractivity contribution is 6.28. The average molecular weight is 129 g/mol. The molecule has 0 amide bonds. The molecular formula is C7H9Cl. The van der Waals surface area contributed by atoms with Crippen molar-refractivity contribution in [2.45, 2.75) is 18.7 Å². The third kappa shape index (κ3) is 0.485. The predicted molar refractivity (Wildman–Crippen MR) is 35.7 cm³/mol. The average Bonchev–Trinajstić information content (AvgIpc) is 2.22. The van der Waals surface area contributed by atoms with Crippen LogP contribution in [-0.2, 0) is 0 Å². The first-order valence-corrected chi connectivity index (χ1v) is 3.17. The molecule has 0 spiro atoms. The summed E-state index contributed by atoms with van der Waals surface area (Å²) in [6, 6.07) is 0. The molecule has 0 aliphatic heterocycles. The number of terminal acetylenes is 1. The van der Waals surface area contributed by atoms with E-state index in [4.69, 9.17) is 18.0 Å². The van der Waals surface area contributed by atoms with E-state index < -0.39 is 0 Å². The molecule has 3 atom stereocenters. The Morgan fingerprint density at radius 2 is 1.88 bits per heavy atom. The van der Waals surface area contributed by atoms with Gasteiger partial charge in [-0.3, -0.25) is 0 Å². The van der Waals surface area contributed by atoms with E-state index in [0.717, 1.165) is 0 Å². The molecule has 1 saturated carbocycles. The Morgan fingerprint density at radius 3 is 1.88 bits per heavy atom. The summed E-state index contributed by atoms with van der Waals surface area (Å²) in [6.07, 6.45) is 5.17. The van der Waals surface area contributed by atoms with E-state index in [1.54, 1.807) is 0 Å². The summed E-state index contributed by atoms with van der Waals surface area (Å²) in [5, 5.41) is 0. The summed E-state index contributed by atoms with van der Waals surface area (Å²) < 4.78 is 0. The molecule has 0 aromatic heterocycles. The van der Waals surface area contributed by atoms with Crippen LogP contribution in [-0.4, -0.2) is 4.87 Å². The standard InChI is InChI=1S/C7H9Cl/c1-4-7(8)5(2)6(7)3/h1,5-6H,2-3H3/t5-,6+,7?. The smallest absolute Gasteiger partial charge is 0.110 e. The highest BCUT2D eigenvalue weighted by Gasteiger charge is 2.57. The highest BCUT2D eigenvalue weighted by Crippen LogP contribution is 2.54. The van der Waals surface area contributed by atoms with Crippen molar-refractivity contribution < 1.29 is 0 Å². The Balaban J connectivity index is 2.67. The van der Waals surface area contributed by atoms with Crippen molar-refractivity contribution in [2.75, 3.05) is 0 Å². The minimum atomic E-state index is -0.292. The van der Waals surface area contributed by atoms with Gasteiger partial charge >= 0.3 is 0 Å². The zero-order chi connectivity index (χ0) is 6.36. The minimum Gasteiger partial charge on any atom is -0.118 e. The number of alkyl halides is 1. The second-order valence-electron chi connectivity index (χ2n) is 2.49. The van der Waals surface area contributed by atoms with Crippen LogP contribution < -0.4 is 0 Å². The molecule has 1 rings (SSSR count). The van der Waals surface area contributed by atoms with Crippen LogP contribution in [0.4, 0.5) is 0 Å². The van der Waals surface area contributed by atoms with Crippen LogP contribution in [0.5, 0.6) is 0 Å². The lowest BCUT2D eigenvalue weighted by Crippen LogP contribution is -1.95. The van der Waals surface area contributed by atoms with Crippen molar-refractivity contribution in [3.05, 3.63) is 0 Å². The monoisotopic (exact) mass is 128 g/mol. The van der Waals surface area contributed by atoms with Gasteiger partial charge in [0.2, 0.25) is 0 Å². The largest absolute Gasteiger partial charge is 0.118 e. The zero-order valence-corrected chi connectivity index (χ0v) is 5.87. The molecule has 1 unspecified atom stereocenters. The first kappa shape index (κ1) is 5.98. The second kappa shape index (κ2) is 1.42. The van der Waals surface area contributed by atoms with Crippen molar-refractivity contribution in [1.29, 1.82) is 0 Å². The fraction of sp³-hybridized carbons (Fsp3) is 0.714. The summed E-state index contributed by atoms with van der Waals surface area (Å²) in [5.41, 5.74) is 0. The van der Waals surface area contributed by atoms with E-state index >= 15 is 0 Å². The van der Waals surface area contributed by atoms with E-state index in [9.17, 15) is 0 Å². The maximum absolute atomic E-state index is 5.89. The van der Waals surface area contributed by atoms with Crippen LogP contribution in [0.25, 0.3) is 0 Å². The first-order valence-electron chi connectivity index (χ1n) is 2.79. The number of rotatable bonds is 0. The van der Waals surface area contributed by atoms with Gasteiger partial charge in [-0.25, -0.2) is 0 Å². The van der Waals surface area contributed by atoms with Crippen molar-refractivity contribution >= 4 is 11.6 Å². The fourth-order valence-corrected chi connectivity index (χ4v) is 1.30. The Labute approximate surface area is 55.2 Å². The predicted octanol–water partition coefficient (Wildman–Crippen LogP) is 1.88. The molecule has 0 heterocycles. The molecule has 44 valence electrons. The third-order valence-corrected chi connectivity index (χ3v) is 2.98. The lowest BCUT2D eigenvalue weighted by molar-refractivity contribution is 0.834. The topological polar surface area (TPSA) is 0 Å². The van der Waals surface area contributed by atoms with Gasteiger partial charge in [-0.05, 0) is 11.8 Å². The lowest BCUT2D eigenvalue weighted by atomic mass is 10.3. The lowest BCUT2D eigenvalue weighted by Gasteiger charge is -1.90. The van der Waals surface area contributed by atoms with Crippen molar-refractivity contribution in [2.24, 2.45) is 11.8 Å². The summed E-state index contributed by atoms with van der Waals surface area (Å²) in [4.78, 5) is -0.292. The van der Waals surface area contributed by atoms with Gasteiger partial charge in [-0.15, -0.1) is 18.0 Å². The van der Waals surface area contributed by atoms with Gasteiger partial charge in [-0.2, -0.15) is 0 Å². The van der Waals surface area contributed by atoms with E-state index in [1.165, 1.54) is 0 Å².